The molecule has 0 heterocycles. The summed E-state index contributed by atoms with van der Waals surface area (Å²) in [6.45, 7) is 1.91. The molecule has 0 aromatic heterocycles. The van der Waals surface area contributed by atoms with Crippen LogP contribution in [0.2, 0.25) is 0 Å². The van der Waals surface area contributed by atoms with Gasteiger partial charge in [-0.25, -0.2) is 0 Å². The lowest BCUT2D eigenvalue weighted by Crippen LogP contribution is -2.08. The molecule has 2 rings (SSSR count). The summed E-state index contributed by atoms with van der Waals surface area (Å²) in [5.41, 5.74) is 1.13. The van der Waals surface area contributed by atoms with Crippen molar-refractivity contribution in [2.24, 2.45) is 0 Å². The van der Waals surface area contributed by atoms with Gasteiger partial charge in [0.05, 0.1) is 5.56 Å². The van der Waals surface area contributed by atoms with Crippen LogP contribution in [-0.2, 0) is 6.18 Å². The molecule has 0 fully saturated rings. The summed E-state index contributed by atoms with van der Waals surface area (Å²) in [6, 6.07) is 14.7. The molecule has 0 saturated carbocycles. The second kappa shape index (κ2) is 5.34. The van der Waals surface area contributed by atoms with Crippen molar-refractivity contribution in [1.29, 1.82) is 0 Å². The number of hydrogen-bond acceptors (Lipinski definition) is 1. The third-order valence-electron chi connectivity index (χ3n) is 2.89. The number of alkyl halides is 3. The monoisotopic (exact) mass is 265 g/mol. The summed E-state index contributed by atoms with van der Waals surface area (Å²) in [5.74, 6) is 0. The second-order valence-corrected chi connectivity index (χ2v) is 4.35. The topological polar surface area (TPSA) is 12.0 Å². The van der Waals surface area contributed by atoms with Crippen LogP contribution in [0.3, 0.4) is 0 Å². The molecule has 2 aromatic carbocycles. The standard InChI is InChI=1S/C15H14F3N/c1-11(19-14-5-3-2-4-6-14)12-7-9-13(10-8-12)15(16,17)18/h2-11,19H,1H3/t11-/m1/s1. The highest BCUT2D eigenvalue weighted by atomic mass is 19.4. The van der Waals surface area contributed by atoms with Crippen LogP contribution in [0, 0.1) is 0 Å². The Hall–Kier alpha value is -1.97. The summed E-state index contributed by atoms with van der Waals surface area (Å²) in [6.07, 6.45) is -4.28. The zero-order chi connectivity index (χ0) is 13.9. The SMILES string of the molecule is C[C@@H](Nc1ccccc1)c1ccc(C(F)(F)F)cc1. The molecule has 0 spiro atoms. The third kappa shape index (κ3) is 3.50. The molecule has 0 saturated heterocycles. The second-order valence-electron chi connectivity index (χ2n) is 4.35. The molecule has 0 radical (unpaired) electrons. The zero-order valence-electron chi connectivity index (χ0n) is 10.4. The zero-order valence-corrected chi connectivity index (χ0v) is 10.4. The van der Waals surface area contributed by atoms with Crippen molar-refractivity contribution in [3.05, 3.63) is 65.7 Å². The minimum Gasteiger partial charge on any atom is -0.379 e. The highest BCUT2D eigenvalue weighted by molar-refractivity contribution is 5.45. The average molecular weight is 265 g/mol. The Balaban J connectivity index is 2.10. The number of hydrogen-bond donors (Lipinski definition) is 1. The summed E-state index contributed by atoms with van der Waals surface area (Å²) in [5, 5.41) is 3.24. The van der Waals surface area contributed by atoms with Crippen molar-refractivity contribution in [1.82, 2.24) is 0 Å². The van der Waals surface area contributed by atoms with Crippen LogP contribution in [0.1, 0.15) is 24.1 Å². The molecular weight excluding hydrogens is 251 g/mol. The number of para-hydroxylation sites is 1. The molecule has 1 atom stereocenters. The minimum atomic E-state index is -4.28. The first-order valence-electron chi connectivity index (χ1n) is 5.95. The summed E-state index contributed by atoms with van der Waals surface area (Å²) in [7, 11) is 0. The quantitative estimate of drug-likeness (QED) is 0.834. The largest absolute Gasteiger partial charge is 0.416 e. The van der Waals surface area contributed by atoms with E-state index in [-0.39, 0.29) is 6.04 Å². The lowest BCUT2D eigenvalue weighted by Gasteiger charge is -2.16. The molecule has 19 heavy (non-hydrogen) atoms. The first-order chi connectivity index (χ1) is 8.97. The van der Waals surface area contributed by atoms with Crippen molar-refractivity contribution in [3.8, 4) is 0 Å². The van der Waals surface area contributed by atoms with Gasteiger partial charge < -0.3 is 5.32 Å². The Morgan fingerprint density at radius 3 is 2.00 bits per heavy atom. The van der Waals surface area contributed by atoms with Gasteiger partial charge >= 0.3 is 6.18 Å². The van der Waals surface area contributed by atoms with Gasteiger partial charge in [-0.1, -0.05) is 30.3 Å². The number of rotatable bonds is 3. The predicted octanol–water partition coefficient (Wildman–Crippen LogP) is 4.88. The van der Waals surface area contributed by atoms with Gasteiger partial charge in [0, 0.05) is 11.7 Å². The number of anilines is 1. The number of benzene rings is 2. The fourth-order valence-electron chi connectivity index (χ4n) is 1.83. The van der Waals surface area contributed by atoms with Gasteiger partial charge in [-0.2, -0.15) is 13.2 Å². The average Bonchev–Trinajstić information content (AvgIpc) is 2.39. The van der Waals surface area contributed by atoms with Gasteiger partial charge in [-0.3, -0.25) is 0 Å². The summed E-state index contributed by atoms with van der Waals surface area (Å²) < 4.78 is 37.4. The summed E-state index contributed by atoms with van der Waals surface area (Å²) in [4.78, 5) is 0. The van der Waals surface area contributed by atoms with E-state index >= 15 is 0 Å². The molecule has 100 valence electrons. The van der Waals surface area contributed by atoms with Crippen molar-refractivity contribution in [3.63, 3.8) is 0 Å². The van der Waals surface area contributed by atoms with Crippen molar-refractivity contribution in [2.75, 3.05) is 5.32 Å². The smallest absolute Gasteiger partial charge is 0.379 e. The lowest BCUT2D eigenvalue weighted by atomic mass is 10.1. The molecule has 1 nitrogen and oxygen atoms in total. The first kappa shape index (κ1) is 13.5. The van der Waals surface area contributed by atoms with E-state index in [1.807, 2.05) is 37.3 Å². The Morgan fingerprint density at radius 1 is 0.895 bits per heavy atom. The van der Waals surface area contributed by atoms with Gasteiger partial charge in [-0.05, 0) is 36.8 Å². The van der Waals surface area contributed by atoms with Crippen LogP contribution in [-0.4, -0.2) is 0 Å². The summed E-state index contributed by atoms with van der Waals surface area (Å²) >= 11 is 0. The Morgan fingerprint density at radius 2 is 1.47 bits per heavy atom. The fourth-order valence-corrected chi connectivity index (χ4v) is 1.83. The van der Waals surface area contributed by atoms with Gasteiger partial charge in [0.1, 0.15) is 0 Å². The number of halogens is 3. The number of nitrogens with one attached hydrogen (secondary N) is 1. The Bertz CT molecular complexity index is 517. The molecule has 0 amide bonds. The molecule has 0 bridgehead atoms. The van der Waals surface area contributed by atoms with Crippen molar-refractivity contribution >= 4 is 5.69 Å². The van der Waals surface area contributed by atoms with E-state index in [0.717, 1.165) is 23.4 Å². The lowest BCUT2D eigenvalue weighted by molar-refractivity contribution is -0.137. The van der Waals surface area contributed by atoms with Crippen LogP contribution < -0.4 is 5.32 Å². The van der Waals surface area contributed by atoms with Gasteiger partial charge in [0.2, 0.25) is 0 Å². The molecule has 2 aromatic rings. The van der Waals surface area contributed by atoms with Gasteiger partial charge in [0.25, 0.3) is 0 Å². The van der Waals surface area contributed by atoms with Crippen LogP contribution in [0.4, 0.5) is 18.9 Å². The van der Waals surface area contributed by atoms with E-state index < -0.39 is 11.7 Å². The van der Waals surface area contributed by atoms with Gasteiger partial charge in [0.15, 0.2) is 0 Å². The first-order valence-corrected chi connectivity index (χ1v) is 5.95. The highest BCUT2D eigenvalue weighted by Crippen LogP contribution is 2.30. The molecular formula is C15H14F3N. The van der Waals surface area contributed by atoms with Crippen LogP contribution >= 0.6 is 0 Å². The molecule has 0 aliphatic rings. The van der Waals surface area contributed by atoms with E-state index in [1.165, 1.54) is 12.1 Å². The maximum atomic E-state index is 12.5. The van der Waals surface area contributed by atoms with Crippen molar-refractivity contribution < 1.29 is 13.2 Å². The fraction of sp³-hybridized carbons (Fsp3) is 0.200. The predicted molar refractivity (Wildman–Crippen MR) is 69.9 cm³/mol. The maximum Gasteiger partial charge on any atom is 0.416 e. The van der Waals surface area contributed by atoms with E-state index in [2.05, 4.69) is 5.32 Å². The van der Waals surface area contributed by atoms with Crippen LogP contribution in [0.5, 0.6) is 0 Å². The Kier molecular flexibility index (Phi) is 3.79. The molecule has 4 heteroatoms. The van der Waals surface area contributed by atoms with Crippen LogP contribution in [0.15, 0.2) is 54.6 Å². The van der Waals surface area contributed by atoms with E-state index in [0.29, 0.717) is 0 Å². The van der Waals surface area contributed by atoms with Crippen molar-refractivity contribution in [2.45, 2.75) is 19.1 Å². The molecule has 1 N–H and O–H groups in total. The molecule has 0 aliphatic heterocycles. The maximum absolute atomic E-state index is 12.5. The van der Waals surface area contributed by atoms with Gasteiger partial charge in [-0.15, -0.1) is 0 Å². The normalized spacial score (nSPS) is 13.1. The van der Waals surface area contributed by atoms with E-state index in [4.69, 9.17) is 0 Å². The third-order valence-corrected chi connectivity index (χ3v) is 2.89. The van der Waals surface area contributed by atoms with E-state index in [9.17, 15) is 13.2 Å². The van der Waals surface area contributed by atoms with Crippen LogP contribution in [0.25, 0.3) is 0 Å². The molecule has 0 unspecified atom stereocenters. The minimum absolute atomic E-state index is 0.0512. The Labute approximate surface area is 110 Å². The molecule has 0 aliphatic carbocycles. The van der Waals surface area contributed by atoms with E-state index in [1.54, 1.807) is 0 Å². The highest BCUT2D eigenvalue weighted by Gasteiger charge is 2.30.